The van der Waals surface area contributed by atoms with Crippen molar-refractivity contribution in [3.05, 3.63) is 29.8 Å². The third-order valence-corrected chi connectivity index (χ3v) is 4.21. The highest BCUT2D eigenvalue weighted by molar-refractivity contribution is 5.74. The van der Waals surface area contributed by atoms with Gasteiger partial charge in [-0.05, 0) is 38.2 Å². The number of carbonyl (C=O) groups is 1. The molecule has 2 rings (SSSR count). The highest BCUT2D eigenvalue weighted by Gasteiger charge is 2.26. The summed E-state index contributed by atoms with van der Waals surface area (Å²) in [7, 11) is 0. The zero-order valence-corrected chi connectivity index (χ0v) is 14.0. The number of ether oxygens (including phenoxy) is 1. The molecule has 23 heavy (non-hydrogen) atoms. The van der Waals surface area contributed by atoms with Crippen molar-refractivity contribution >= 4 is 6.03 Å². The first-order chi connectivity index (χ1) is 11.3. The van der Waals surface area contributed by atoms with Crippen LogP contribution in [0.1, 0.15) is 44.6 Å². The molecular weight excluding hydrogens is 292 g/mol. The molecule has 1 aliphatic heterocycles. The van der Waals surface area contributed by atoms with Crippen molar-refractivity contribution in [3.63, 3.8) is 0 Å². The van der Waals surface area contributed by atoms with Crippen molar-refractivity contribution in [2.75, 3.05) is 19.8 Å². The van der Waals surface area contributed by atoms with Crippen molar-refractivity contribution in [2.45, 2.75) is 51.6 Å². The minimum atomic E-state index is -0.0477. The number of piperidine rings is 1. The van der Waals surface area contributed by atoms with Gasteiger partial charge in [0, 0.05) is 31.3 Å². The molecule has 1 saturated heterocycles. The van der Waals surface area contributed by atoms with Crippen LogP contribution in [0.2, 0.25) is 0 Å². The average molecular weight is 320 g/mol. The van der Waals surface area contributed by atoms with E-state index in [-0.39, 0.29) is 18.7 Å². The minimum absolute atomic E-state index is 0.0477. The van der Waals surface area contributed by atoms with E-state index in [0.717, 1.165) is 43.5 Å². The Hall–Kier alpha value is -1.75. The zero-order chi connectivity index (χ0) is 16.5. The zero-order valence-electron chi connectivity index (χ0n) is 14.0. The Balaban J connectivity index is 1.93. The summed E-state index contributed by atoms with van der Waals surface area (Å²) in [5.41, 5.74) is 0.991. The van der Waals surface area contributed by atoms with Crippen LogP contribution in [0.3, 0.4) is 0 Å². The number of urea groups is 1. The van der Waals surface area contributed by atoms with Gasteiger partial charge < -0.3 is 20.1 Å². The Morgan fingerprint density at radius 2 is 2.22 bits per heavy atom. The first kappa shape index (κ1) is 17.6. The minimum Gasteiger partial charge on any atom is -0.493 e. The largest absolute Gasteiger partial charge is 0.493 e. The van der Waals surface area contributed by atoms with E-state index in [0.29, 0.717) is 19.6 Å². The second kappa shape index (κ2) is 9.40. The molecule has 0 bridgehead atoms. The second-order valence-corrected chi connectivity index (χ2v) is 5.97. The fourth-order valence-corrected chi connectivity index (χ4v) is 2.99. The van der Waals surface area contributed by atoms with Gasteiger partial charge in [-0.1, -0.05) is 25.1 Å². The van der Waals surface area contributed by atoms with E-state index in [1.54, 1.807) is 0 Å². The van der Waals surface area contributed by atoms with Gasteiger partial charge in [0.2, 0.25) is 0 Å². The third-order valence-electron chi connectivity index (χ3n) is 4.21. The molecule has 0 aromatic heterocycles. The van der Waals surface area contributed by atoms with Crippen LogP contribution in [0.25, 0.3) is 0 Å². The van der Waals surface area contributed by atoms with Crippen LogP contribution >= 0.6 is 0 Å². The van der Waals surface area contributed by atoms with Gasteiger partial charge in [-0.25, -0.2) is 4.79 Å². The van der Waals surface area contributed by atoms with Crippen LogP contribution in [-0.4, -0.2) is 41.8 Å². The predicted molar refractivity (Wildman–Crippen MR) is 90.5 cm³/mol. The van der Waals surface area contributed by atoms with Gasteiger partial charge in [-0.2, -0.15) is 0 Å². The predicted octanol–water partition coefficient (Wildman–Crippen LogP) is 2.92. The van der Waals surface area contributed by atoms with Gasteiger partial charge in [0.1, 0.15) is 5.75 Å². The van der Waals surface area contributed by atoms with E-state index in [4.69, 9.17) is 9.84 Å². The van der Waals surface area contributed by atoms with Crippen LogP contribution in [0.15, 0.2) is 24.3 Å². The molecule has 1 fully saturated rings. The van der Waals surface area contributed by atoms with Crippen LogP contribution in [-0.2, 0) is 6.54 Å². The molecule has 0 aliphatic carbocycles. The molecule has 0 radical (unpaired) electrons. The van der Waals surface area contributed by atoms with Gasteiger partial charge >= 0.3 is 6.03 Å². The van der Waals surface area contributed by atoms with E-state index < -0.39 is 0 Å². The molecule has 0 unspecified atom stereocenters. The number of hydrogen-bond donors (Lipinski definition) is 2. The number of nitrogens with zero attached hydrogens (tertiary/aromatic N) is 1. The molecule has 1 aliphatic rings. The van der Waals surface area contributed by atoms with Crippen molar-refractivity contribution in [1.29, 1.82) is 0 Å². The quantitative estimate of drug-likeness (QED) is 0.812. The number of amides is 2. The van der Waals surface area contributed by atoms with E-state index >= 15 is 0 Å². The lowest BCUT2D eigenvalue weighted by Crippen LogP contribution is -2.48. The van der Waals surface area contributed by atoms with E-state index in [9.17, 15) is 4.79 Å². The monoisotopic (exact) mass is 320 g/mol. The SMILES string of the molecule is CCCOc1ccccc1CNC(=O)N1CCCC[C@@H]1CCO. The number of carbonyl (C=O) groups excluding carboxylic acids is 1. The summed E-state index contributed by atoms with van der Waals surface area (Å²) in [6.07, 6.45) is 4.75. The summed E-state index contributed by atoms with van der Waals surface area (Å²) in [6.45, 7) is 4.10. The number of aliphatic hydroxyl groups excluding tert-OH is 1. The maximum atomic E-state index is 12.5. The van der Waals surface area contributed by atoms with E-state index in [2.05, 4.69) is 12.2 Å². The van der Waals surface area contributed by atoms with Gasteiger partial charge in [-0.15, -0.1) is 0 Å². The summed E-state index contributed by atoms with van der Waals surface area (Å²) in [6, 6.07) is 7.92. The Labute approximate surface area is 138 Å². The molecule has 2 N–H and O–H groups in total. The van der Waals surface area contributed by atoms with Gasteiger partial charge in [0.15, 0.2) is 0 Å². The van der Waals surface area contributed by atoms with Crippen LogP contribution in [0, 0.1) is 0 Å². The maximum absolute atomic E-state index is 12.5. The maximum Gasteiger partial charge on any atom is 0.317 e. The van der Waals surface area contributed by atoms with Gasteiger partial charge in [0.05, 0.1) is 6.61 Å². The number of hydrogen-bond acceptors (Lipinski definition) is 3. The molecule has 2 amide bonds. The number of benzene rings is 1. The van der Waals surface area contributed by atoms with Crippen LogP contribution in [0.4, 0.5) is 4.79 Å². The fraction of sp³-hybridized carbons (Fsp3) is 0.611. The van der Waals surface area contributed by atoms with Crippen molar-refractivity contribution in [2.24, 2.45) is 0 Å². The Morgan fingerprint density at radius 3 is 3.00 bits per heavy atom. The first-order valence-corrected chi connectivity index (χ1v) is 8.62. The number of nitrogens with one attached hydrogen (secondary N) is 1. The molecule has 128 valence electrons. The van der Waals surface area contributed by atoms with Gasteiger partial charge in [-0.3, -0.25) is 0 Å². The van der Waals surface area contributed by atoms with Crippen LogP contribution < -0.4 is 10.1 Å². The number of aliphatic hydroxyl groups is 1. The third kappa shape index (κ3) is 5.13. The molecule has 0 saturated carbocycles. The summed E-state index contributed by atoms with van der Waals surface area (Å²) in [4.78, 5) is 14.3. The summed E-state index contributed by atoms with van der Waals surface area (Å²) >= 11 is 0. The van der Waals surface area contributed by atoms with E-state index in [1.165, 1.54) is 0 Å². The highest BCUT2D eigenvalue weighted by atomic mass is 16.5. The van der Waals surface area contributed by atoms with Gasteiger partial charge in [0.25, 0.3) is 0 Å². The van der Waals surface area contributed by atoms with Crippen molar-refractivity contribution < 1.29 is 14.6 Å². The van der Waals surface area contributed by atoms with Crippen molar-refractivity contribution in [1.82, 2.24) is 10.2 Å². The number of rotatable bonds is 7. The molecule has 1 atom stereocenters. The standard InChI is InChI=1S/C18H28N2O3/c1-2-13-23-17-9-4-3-7-15(17)14-19-18(22)20-11-6-5-8-16(20)10-12-21/h3-4,7,9,16,21H,2,5-6,8,10-14H2,1H3,(H,19,22)/t16-/m1/s1. The molecule has 1 aromatic rings. The summed E-state index contributed by atoms with van der Waals surface area (Å²) in [5, 5.41) is 12.2. The topological polar surface area (TPSA) is 61.8 Å². The van der Waals surface area contributed by atoms with E-state index in [1.807, 2.05) is 29.2 Å². The molecule has 5 nitrogen and oxygen atoms in total. The Kier molecular flexibility index (Phi) is 7.20. The van der Waals surface area contributed by atoms with Crippen molar-refractivity contribution in [3.8, 4) is 5.75 Å². The fourth-order valence-electron chi connectivity index (χ4n) is 2.99. The lowest BCUT2D eigenvalue weighted by molar-refractivity contribution is 0.131. The molecule has 0 spiro atoms. The normalized spacial score (nSPS) is 17.8. The molecule has 1 heterocycles. The second-order valence-electron chi connectivity index (χ2n) is 5.97. The number of para-hydroxylation sites is 1. The lowest BCUT2D eigenvalue weighted by Gasteiger charge is -2.35. The molecular formula is C18H28N2O3. The average Bonchev–Trinajstić information content (AvgIpc) is 2.59. The first-order valence-electron chi connectivity index (χ1n) is 8.62. The highest BCUT2D eigenvalue weighted by Crippen LogP contribution is 2.21. The smallest absolute Gasteiger partial charge is 0.317 e. The lowest BCUT2D eigenvalue weighted by atomic mass is 10.0. The summed E-state index contributed by atoms with van der Waals surface area (Å²) in [5.74, 6) is 0.834. The molecule has 1 aromatic carbocycles. The molecule has 5 heteroatoms. The number of likely N-dealkylation sites (tertiary alicyclic amines) is 1. The summed E-state index contributed by atoms with van der Waals surface area (Å²) < 4.78 is 5.73. The Morgan fingerprint density at radius 1 is 1.39 bits per heavy atom. The van der Waals surface area contributed by atoms with Crippen LogP contribution in [0.5, 0.6) is 5.75 Å². The Bertz CT molecular complexity index is 491.